The summed E-state index contributed by atoms with van der Waals surface area (Å²) in [6, 6.07) is 15.7. The first-order valence-electron chi connectivity index (χ1n) is 7.86. The Morgan fingerprint density at radius 2 is 1.50 bits per heavy atom. The largest absolute Gasteiger partial charge is 0.481 e. The molecule has 0 bridgehead atoms. The first kappa shape index (κ1) is 21.1. The van der Waals surface area contributed by atoms with Gasteiger partial charge >= 0.3 is 15.6 Å². The van der Waals surface area contributed by atoms with Crippen LogP contribution in [0, 0.1) is 0 Å². The summed E-state index contributed by atoms with van der Waals surface area (Å²) in [6.45, 7) is -0.794. The number of fused-ring (bicyclic) bond motifs is 3. The lowest BCUT2D eigenvalue weighted by atomic mass is 10.0. The van der Waals surface area contributed by atoms with E-state index < -0.39 is 37.8 Å². The van der Waals surface area contributed by atoms with Crippen LogP contribution in [0.3, 0.4) is 0 Å². The van der Waals surface area contributed by atoms with E-state index >= 15 is 0 Å². The van der Waals surface area contributed by atoms with Crippen LogP contribution in [0.5, 0.6) is 0 Å². The van der Waals surface area contributed by atoms with Crippen LogP contribution in [0.25, 0.3) is 21.5 Å². The minimum absolute atomic E-state index is 0.0223. The zero-order valence-corrected chi connectivity index (χ0v) is 16.8. The van der Waals surface area contributed by atoms with Gasteiger partial charge in [-0.2, -0.15) is 4.31 Å². The van der Waals surface area contributed by atoms with Gasteiger partial charge in [0.25, 0.3) is 0 Å². The lowest BCUT2D eigenvalue weighted by molar-refractivity contribution is 0.185. The van der Waals surface area contributed by atoms with Crippen molar-refractivity contribution in [1.82, 2.24) is 0 Å². The molecule has 1 atom stereocenters. The average Bonchev–Trinajstić information content (AvgIpc) is 2.58. The second-order valence-corrected chi connectivity index (χ2v) is 10.7. The smallest absolute Gasteiger partial charge is 0.302 e. The highest BCUT2D eigenvalue weighted by Gasteiger charge is 2.33. The predicted molar refractivity (Wildman–Crippen MR) is 102 cm³/mol. The van der Waals surface area contributed by atoms with E-state index in [-0.39, 0.29) is 4.90 Å². The molecule has 0 aliphatic carbocycles. The van der Waals surface area contributed by atoms with Crippen molar-refractivity contribution in [2.24, 2.45) is 0 Å². The Balaban J connectivity index is 1.92. The normalized spacial score (nSPS) is 15.0. The Bertz CT molecular complexity index is 1230. The number of rotatable bonds is 7. The zero-order chi connectivity index (χ0) is 20.6. The Morgan fingerprint density at radius 3 is 2.21 bits per heavy atom. The molecule has 3 N–H and O–H groups in total. The van der Waals surface area contributed by atoms with Gasteiger partial charge in [0.15, 0.2) is 9.84 Å². The molecular weight excluding hydrogens is 430 g/mol. The fraction of sp³-hybridized carbons (Fsp3) is 0.125. The third-order valence-corrected chi connectivity index (χ3v) is 7.78. The summed E-state index contributed by atoms with van der Waals surface area (Å²) in [7, 11) is -14.3. The summed E-state index contributed by atoms with van der Waals surface area (Å²) >= 11 is 0. The molecule has 0 saturated heterocycles. The first-order valence-corrected chi connectivity index (χ1v) is 12.5. The minimum atomic E-state index is -5.27. The number of hydrogen-bond acceptors (Lipinski definition) is 6. The maximum Gasteiger partial charge on any atom is 0.481 e. The molecule has 0 aliphatic rings. The van der Waals surface area contributed by atoms with Crippen LogP contribution < -0.4 is 0 Å². The second-order valence-electron chi connectivity index (χ2n) is 5.83. The molecule has 0 radical (unpaired) electrons. The van der Waals surface area contributed by atoms with Gasteiger partial charge in [0.05, 0.1) is 17.3 Å². The van der Waals surface area contributed by atoms with Gasteiger partial charge < -0.3 is 14.7 Å². The number of phosphoric acid groups is 2. The van der Waals surface area contributed by atoms with Crippen molar-refractivity contribution in [3.8, 4) is 0 Å². The van der Waals surface area contributed by atoms with Gasteiger partial charge in [-0.1, -0.05) is 48.5 Å². The molecular formula is C16H16O9P2S. The quantitative estimate of drug-likeness (QED) is 0.368. The lowest BCUT2D eigenvalue weighted by Gasteiger charge is -2.13. The topological polar surface area (TPSA) is 147 Å². The van der Waals surface area contributed by atoms with Gasteiger partial charge in [-0.25, -0.2) is 17.5 Å². The van der Waals surface area contributed by atoms with Crippen LogP contribution in [0.1, 0.15) is 0 Å². The van der Waals surface area contributed by atoms with E-state index in [4.69, 9.17) is 9.79 Å². The van der Waals surface area contributed by atoms with Gasteiger partial charge in [-0.3, -0.25) is 4.52 Å². The predicted octanol–water partition coefficient (Wildman–Crippen LogP) is 2.99. The third kappa shape index (κ3) is 4.86. The van der Waals surface area contributed by atoms with Crippen LogP contribution in [0.2, 0.25) is 0 Å². The lowest BCUT2D eigenvalue weighted by Crippen LogP contribution is -2.12. The highest BCUT2D eigenvalue weighted by atomic mass is 32.2. The molecule has 1 unspecified atom stereocenters. The van der Waals surface area contributed by atoms with Crippen LogP contribution in [-0.4, -0.2) is 35.5 Å². The van der Waals surface area contributed by atoms with Crippen molar-refractivity contribution >= 4 is 47.0 Å². The fourth-order valence-corrected chi connectivity index (χ4v) is 5.87. The van der Waals surface area contributed by atoms with Crippen LogP contribution >= 0.6 is 15.6 Å². The van der Waals surface area contributed by atoms with Crippen molar-refractivity contribution in [1.29, 1.82) is 0 Å². The molecule has 0 fully saturated rings. The summed E-state index contributed by atoms with van der Waals surface area (Å²) in [5.74, 6) is -0.690. The van der Waals surface area contributed by atoms with Gasteiger partial charge in [-0.05, 0) is 22.2 Å². The van der Waals surface area contributed by atoms with Gasteiger partial charge in [0, 0.05) is 5.39 Å². The molecule has 12 heteroatoms. The highest BCUT2D eigenvalue weighted by molar-refractivity contribution is 7.91. The molecule has 0 heterocycles. The molecule has 0 saturated carbocycles. The second kappa shape index (κ2) is 7.67. The fourth-order valence-electron chi connectivity index (χ4n) is 2.81. The summed E-state index contributed by atoms with van der Waals surface area (Å²) in [6.07, 6.45) is 0. The summed E-state index contributed by atoms with van der Waals surface area (Å²) in [4.78, 5) is 26.4. The number of sulfone groups is 1. The molecule has 0 aromatic heterocycles. The van der Waals surface area contributed by atoms with Crippen molar-refractivity contribution in [2.75, 3.05) is 12.4 Å². The van der Waals surface area contributed by atoms with Crippen LogP contribution in [0.4, 0.5) is 0 Å². The van der Waals surface area contributed by atoms with Gasteiger partial charge in [0.2, 0.25) is 0 Å². The van der Waals surface area contributed by atoms with E-state index in [9.17, 15) is 22.4 Å². The summed E-state index contributed by atoms with van der Waals surface area (Å²) < 4.78 is 55.7. The van der Waals surface area contributed by atoms with E-state index in [1.165, 1.54) is 6.07 Å². The maximum atomic E-state index is 12.8. The molecule has 28 heavy (non-hydrogen) atoms. The Kier molecular flexibility index (Phi) is 5.78. The highest BCUT2D eigenvalue weighted by Crippen LogP contribution is 2.57. The minimum Gasteiger partial charge on any atom is -0.302 e. The van der Waals surface area contributed by atoms with Gasteiger partial charge in [0.1, 0.15) is 0 Å². The van der Waals surface area contributed by atoms with E-state index in [0.29, 0.717) is 10.8 Å². The Hall–Kier alpha value is -1.61. The number of phosphoric ester groups is 1. The molecule has 3 rings (SSSR count). The van der Waals surface area contributed by atoms with Crippen LogP contribution in [-0.2, 0) is 27.8 Å². The van der Waals surface area contributed by atoms with E-state index in [1.54, 1.807) is 30.3 Å². The standard InChI is InChI=1S/C16H16O9P2S/c17-26(18,19)25-27(20,21)24-10-11-28(22,23)15-7-3-5-13-9-8-12-4-1-2-6-14(12)16(13)15/h1-9H,10-11H2,(H,20,21)(H2,17,18,19). The maximum absolute atomic E-state index is 12.8. The molecule has 0 aliphatic heterocycles. The SMILES string of the molecule is O=P(O)(O)OP(=O)(O)OCCS(=O)(=O)c1cccc2ccc3ccccc3c12. The van der Waals surface area contributed by atoms with Crippen molar-refractivity contribution in [3.63, 3.8) is 0 Å². The molecule has 150 valence electrons. The molecule has 9 nitrogen and oxygen atoms in total. The first-order chi connectivity index (χ1) is 13.0. The van der Waals surface area contributed by atoms with E-state index in [0.717, 1.165) is 10.8 Å². The molecule has 0 amide bonds. The van der Waals surface area contributed by atoms with Crippen molar-refractivity contribution in [2.45, 2.75) is 4.90 Å². The van der Waals surface area contributed by atoms with Crippen molar-refractivity contribution in [3.05, 3.63) is 54.6 Å². The summed E-state index contributed by atoms with van der Waals surface area (Å²) in [5, 5.41) is 2.80. The zero-order valence-electron chi connectivity index (χ0n) is 14.2. The molecule has 0 spiro atoms. The number of benzene rings is 3. The molecule has 3 aromatic rings. The molecule has 3 aromatic carbocycles. The van der Waals surface area contributed by atoms with Crippen molar-refractivity contribution < 1.29 is 41.1 Å². The van der Waals surface area contributed by atoms with E-state index in [2.05, 4.69) is 8.83 Å². The van der Waals surface area contributed by atoms with Gasteiger partial charge in [-0.15, -0.1) is 0 Å². The number of hydrogen-bond donors (Lipinski definition) is 3. The third-order valence-electron chi connectivity index (χ3n) is 3.88. The Morgan fingerprint density at radius 1 is 0.857 bits per heavy atom. The summed E-state index contributed by atoms with van der Waals surface area (Å²) in [5.41, 5.74) is 0. The average molecular weight is 446 g/mol. The monoisotopic (exact) mass is 446 g/mol. The van der Waals surface area contributed by atoms with Crippen LogP contribution in [0.15, 0.2) is 59.5 Å². The van der Waals surface area contributed by atoms with E-state index in [1.807, 2.05) is 18.2 Å². The Labute approximate surface area is 160 Å².